The molecule has 2 unspecified atom stereocenters. The summed E-state index contributed by atoms with van der Waals surface area (Å²) in [6.45, 7) is 19.0. The van der Waals surface area contributed by atoms with Crippen molar-refractivity contribution in [2.75, 3.05) is 9.80 Å². The smallest absolute Gasteiger partial charge is 0.252 e. The molecular weight excluding hydrogens is 591 g/mol. The van der Waals surface area contributed by atoms with Crippen molar-refractivity contribution < 1.29 is 0 Å². The van der Waals surface area contributed by atoms with Crippen LogP contribution in [0.1, 0.15) is 102 Å². The maximum atomic E-state index is 2.87. The van der Waals surface area contributed by atoms with E-state index in [-0.39, 0.29) is 28.5 Å². The predicted molar refractivity (Wildman–Crippen MR) is 210 cm³/mol. The van der Waals surface area contributed by atoms with Gasteiger partial charge in [-0.1, -0.05) is 134 Å². The van der Waals surface area contributed by atoms with Crippen LogP contribution in [-0.4, -0.2) is 6.71 Å². The van der Waals surface area contributed by atoms with E-state index >= 15 is 0 Å². The van der Waals surface area contributed by atoms with Crippen molar-refractivity contribution in [3.63, 3.8) is 0 Å². The first kappa shape index (κ1) is 30.8. The Labute approximate surface area is 294 Å². The van der Waals surface area contributed by atoms with Gasteiger partial charge in [-0.15, -0.1) is 0 Å². The minimum absolute atomic E-state index is 0.000627. The minimum Gasteiger partial charge on any atom is -0.331 e. The summed E-state index contributed by atoms with van der Waals surface area (Å²) < 4.78 is 0. The molecule has 5 aromatic carbocycles. The SMILES string of the molecule is Cc1cc2c3c(c1)N1c4c(cccc4C4(C)CCCCC14c1ccccc1)B3c1cc(C(C)(C)C)ccc1N2c1ccc(C(C)(C)C)cc1. The second-order valence-electron chi connectivity index (χ2n) is 17.7. The van der Waals surface area contributed by atoms with Crippen molar-refractivity contribution in [1.29, 1.82) is 0 Å². The molecule has 0 aromatic heterocycles. The highest BCUT2D eigenvalue weighted by Crippen LogP contribution is 2.66. The number of fused-ring (bicyclic) bond motifs is 7. The molecule has 3 aliphatic heterocycles. The average Bonchev–Trinajstić information content (AvgIpc) is 3.32. The lowest BCUT2D eigenvalue weighted by molar-refractivity contribution is 0.176. The fourth-order valence-corrected chi connectivity index (χ4v) is 10.2. The third-order valence-corrected chi connectivity index (χ3v) is 12.7. The van der Waals surface area contributed by atoms with Gasteiger partial charge in [0.1, 0.15) is 0 Å². The van der Waals surface area contributed by atoms with Crippen LogP contribution in [0.3, 0.4) is 0 Å². The second kappa shape index (κ2) is 10.2. The molecule has 5 aromatic rings. The van der Waals surface area contributed by atoms with E-state index in [1.807, 2.05) is 0 Å². The van der Waals surface area contributed by atoms with Crippen molar-refractivity contribution in [2.45, 2.75) is 103 Å². The first-order chi connectivity index (χ1) is 23.3. The molecule has 1 fully saturated rings. The zero-order chi connectivity index (χ0) is 34.1. The molecule has 2 atom stereocenters. The Morgan fingerprint density at radius 3 is 2.02 bits per heavy atom. The van der Waals surface area contributed by atoms with Gasteiger partial charge >= 0.3 is 0 Å². The first-order valence-corrected chi connectivity index (χ1v) is 18.5. The fraction of sp³-hybridized carbons (Fsp3) is 0.348. The molecule has 0 N–H and O–H groups in total. The van der Waals surface area contributed by atoms with Gasteiger partial charge in [0.15, 0.2) is 0 Å². The summed E-state index contributed by atoms with van der Waals surface area (Å²) in [5.74, 6) is 0. The van der Waals surface area contributed by atoms with Crippen molar-refractivity contribution in [3.8, 4) is 0 Å². The summed E-state index contributed by atoms with van der Waals surface area (Å²) in [7, 11) is 0. The summed E-state index contributed by atoms with van der Waals surface area (Å²) in [4.78, 5) is 5.45. The second-order valence-corrected chi connectivity index (χ2v) is 17.7. The van der Waals surface area contributed by atoms with E-state index < -0.39 is 0 Å². The molecule has 9 rings (SSSR count). The fourth-order valence-electron chi connectivity index (χ4n) is 10.2. The van der Waals surface area contributed by atoms with Gasteiger partial charge in [0.05, 0.1) is 5.54 Å². The summed E-state index contributed by atoms with van der Waals surface area (Å²) in [5.41, 5.74) is 18.1. The third-order valence-electron chi connectivity index (χ3n) is 12.7. The number of benzene rings is 5. The zero-order valence-corrected chi connectivity index (χ0v) is 30.6. The highest BCUT2D eigenvalue weighted by atomic mass is 15.3. The molecule has 49 heavy (non-hydrogen) atoms. The summed E-state index contributed by atoms with van der Waals surface area (Å²) >= 11 is 0. The van der Waals surface area contributed by atoms with Crippen LogP contribution in [0, 0.1) is 6.92 Å². The number of anilines is 5. The molecule has 0 saturated heterocycles. The number of aryl methyl sites for hydroxylation is 1. The molecule has 2 nitrogen and oxygen atoms in total. The number of hydrogen-bond donors (Lipinski definition) is 0. The highest BCUT2D eigenvalue weighted by molar-refractivity contribution is 7.00. The van der Waals surface area contributed by atoms with Crippen LogP contribution >= 0.6 is 0 Å². The Hall–Kier alpha value is -4.24. The molecule has 1 aliphatic carbocycles. The maximum Gasteiger partial charge on any atom is 0.252 e. The predicted octanol–water partition coefficient (Wildman–Crippen LogP) is 10.1. The van der Waals surface area contributed by atoms with Crippen LogP contribution in [-0.2, 0) is 21.8 Å². The van der Waals surface area contributed by atoms with E-state index in [1.165, 1.54) is 91.9 Å². The van der Waals surface area contributed by atoms with E-state index in [0.717, 1.165) is 6.42 Å². The van der Waals surface area contributed by atoms with Gasteiger partial charge in [0.25, 0.3) is 6.71 Å². The minimum atomic E-state index is -0.149. The van der Waals surface area contributed by atoms with Gasteiger partial charge in [0, 0.05) is 33.9 Å². The first-order valence-electron chi connectivity index (χ1n) is 18.5. The zero-order valence-electron chi connectivity index (χ0n) is 30.6. The van der Waals surface area contributed by atoms with Gasteiger partial charge in [-0.25, -0.2) is 0 Å². The van der Waals surface area contributed by atoms with Crippen LogP contribution in [0.15, 0.2) is 103 Å². The third kappa shape index (κ3) is 4.08. The Morgan fingerprint density at radius 1 is 0.633 bits per heavy atom. The highest BCUT2D eigenvalue weighted by Gasteiger charge is 2.64. The maximum absolute atomic E-state index is 2.87. The Kier molecular flexibility index (Phi) is 6.38. The van der Waals surface area contributed by atoms with E-state index in [2.05, 4.69) is 168 Å². The van der Waals surface area contributed by atoms with E-state index in [9.17, 15) is 0 Å². The van der Waals surface area contributed by atoms with Gasteiger partial charge in [0.2, 0.25) is 0 Å². The molecule has 3 heteroatoms. The molecule has 3 heterocycles. The standard InChI is InChI=1S/C46H49BN2/c1-30-27-39-41-40(28-30)49-42-35(45(8)25-12-13-26-46(45,49)32-15-10-9-11-16-32)17-14-18-36(42)47(41)37-29-33(44(5,6)7)21-24-38(37)48(39)34-22-19-31(20-23-34)43(2,3)4/h9-11,14-24,27-29H,12-13,25-26H2,1-8H3. The molecule has 0 bridgehead atoms. The Bertz CT molecular complexity index is 2130. The van der Waals surface area contributed by atoms with Crippen LogP contribution in [0.2, 0.25) is 0 Å². The Morgan fingerprint density at radius 2 is 1.31 bits per heavy atom. The molecule has 0 radical (unpaired) electrons. The van der Waals surface area contributed by atoms with E-state index in [0.29, 0.717) is 0 Å². The summed E-state index contributed by atoms with van der Waals surface area (Å²) in [6.07, 6.45) is 4.86. The molecule has 0 amide bonds. The van der Waals surface area contributed by atoms with Crippen molar-refractivity contribution in [1.82, 2.24) is 0 Å². The number of nitrogens with zero attached hydrogens (tertiary/aromatic N) is 2. The molecule has 1 saturated carbocycles. The largest absolute Gasteiger partial charge is 0.331 e. The number of rotatable bonds is 2. The van der Waals surface area contributed by atoms with Crippen molar-refractivity contribution in [3.05, 3.63) is 131 Å². The van der Waals surface area contributed by atoms with Crippen molar-refractivity contribution >= 4 is 51.5 Å². The lowest BCUT2D eigenvalue weighted by Gasteiger charge is -2.55. The molecule has 246 valence electrons. The van der Waals surface area contributed by atoms with Gasteiger partial charge in [-0.3, -0.25) is 0 Å². The quantitative estimate of drug-likeness (QED) is 0.174. The van der Waals surface area contributed by atoms with Gasteiger partial charge in [-0.2, -0.15) is 0 Å². The molecule has 4 aliphatic rings. The lowest BCUT2D eigenvalue weighted by atomic mass is 9.33. The Balaban J connectivity index is 1.39. The number of para-hydroxylation sites is 1. The molecule has 0 spiro atoms. The number of hydrogen-bond acceptors (Lipinski definition) is 2. The van der Waals surface area contributed by atoms with E-state index in [4.69, 9.17) is 0 Å². The van der Waals surface area contributed by atoms with Crippen molar-refractivity contribution in [2.24, 2.45) is 0 Å². The topological polar surface area (TPSA) is 6.48 Å². The summed E-state index contributed by atoms with van der Waals surface area (Å²) in [6, 6.07) is 40.6. The lowest BCUT2D eigenvalue weighted by Crippen LogP contribution is -2.64. The van der Waals surface area contributed by atoms with Crippen LogP contribution in [0.5, 0.6) is 0 Å². The van der Waals surface area contributed by atoms with Crippen LogP contribution < -0.4 is 26.2 Å². The molecular formula is C46H49BN2. The van der Waals surface area contributed by atoms with Gasteiger partial charge < -0.3 is 9.80 Å². The monoisotopic (exact) mass is 640 g/mol. The van der Waals surface area contributed by atoms with E-state index in [1.54, 1.807) is 0 Å². The average molecular weight is 641 g/mol. The normalized spacial score (nSPS) is 22.0. The van der Waals surface area contributed by atoms with Crippen LogP contribution in [0.4, 0.5) is 28.4 Å². The van der Waals surface area contributed by atoms with Gasteiger partial charge in [-0.05, 0) is 105 Å². The van der Waals surface area contributed by atoms with Crippen LogP contribution in [0.25, 0.3) is 0 Å². The summed E-state index contributed by atoms with van der Waals surface area (Å²) in [5, 5.41) is 0.